The van der Waals surface area contributed by atoms with Crippen LogP contribution in [0.5, 0.6) is 11.5 Å². The van der Waals surface area contributed by atoms with E-state index in [0.717, 1.165) is 30.6 Å². The van der Waals surface area contributed by atoms with Gasteiger partial charge in [-0.15, -0.1) is 0 Å². The SMILES string of the molecule is CCCCCCCCCCCCCCCCOC(C)c1ccc(-c2ccc(C(=O)Oc3ccccc3OCCCCCCCCCCCC)cc2)cc1. The van der Waals surface area contributed by atoms with Gasteiger partial charge in [-0.1, -0.05) is 204 Å². The number of ether oxygens (including phenoxy) is 3. The van der Waals surface area contributed by atoms with Crippen molar-refractivity contribution in [3.8, 4) is 22.6 Å². The lowest BCUT2D eigenvalue weighted by atomic mass is 10.0. The first-order valence-corrected chi connectivity index (χ1v) is 21.9. The molecule has 1 unspecified atom stereocenters. The molecule has 4 heteroatoms. The Morgan fingerprint density at radius 2 is 0.868 bits per heavy atom. The lowest BCUT2D eigenvalue weighted by Gasteiger charge is -2.14. The summed E-state index contributed by atoms with van der Waals surface area (Å²) >= 11 is 0. The second kappa shape index (κ2) is 29.3. The van der Waals surface area contributed by atoms with Crippen molar-refractivity contribution in [2.24, 2.45) is 0 Å². The third kappa shape index (κ3) is 19.7. The molecule has 0 aliphatic carbocycles. The van der Waals surface area contributed by atoms with Crippen molar-refractivity contribution >= 4 is 5.97 Å². The molecule has 0 N–H and O–H groups in total. The molecule has 0 amide bonds. The topological polar surface area (TPSA) is 44.8 Å². The zero-order valence-corrected chi connectivity index (χ0v) is 34.0. The monoisotopic (exact) mass is 727 g/mol. The van der Waals surface area contributed by atoms with Gasteiger partial charge < -0.3 is 14.2 Å². The maximum atomic E-state index is 13.1. The van der Waals surface area contributed by atoms with Crippen LogP contribution in [0.15, 0.2) is 72.8 Å². The van der Waals surface area contributed by atoms with Gasteiger partial charge in [0.05, 0.1) is 18.3 Å². The molecule has 0 aromatic heterocycles. The Balaban J connectivity index is 1.29. The van der Waals surface area contributed by atoms with Gasteiger partial charge in [-0.3, -0.25) is 0 Å². The van der Waals surface area contributed by atoms with Gasteiger partial charge in [0.2, 0.25) is 0 Å². The van der Waals surface area contributed by atoms with Crippen LogP contribution in [-0.2, 0) is 4.74 Å². The molecule has 3 rings (SSSR count). The van der Waals surface area contributed by atoms with E-state index in [4.69, 9.17) is 14.2 Å². The fourth-order valence-electron chi connectivity index (χ4n) is 6.98. The molecule has 0 fully saturated rings. The van der Waals surface area contributed by atoms with Crippen molar-refractivity contribution in [1.82, 2.24) is 0 Å². The van der Waals surface area contributed by atoms with Crippen LogP contribution in [-0.4, -0.2) is 19.2 Å². The summed E-state index contributed by atoms with van der Waals surface area (Å²) in [5, 5.41) is 0. The molecule has 294 valence electrons. The van der Waals surface area contributed by atoms with Crippen molar-refractivity contribution in [2.75, 3.05) is 13.2 Å². The highest BCUT2D eigenvalue weighted by Gasteiger charge is 2.13. The lowest BCUT2D eigenvalue weighted by molar-refractivity contribution is 0.0627. The second-order valence-electron chi connectivity index (χ2n) is 15.2. The van der Waals surface area contributed by atoms with E-state index in [1.165, 1.54) is 147 Å². The molecule has 4 nitrogen and oxygen atoms in total. The van der Waals surface area contributed by atoms with Gasteiger partial charge in [-0.25, -0.2) is 4.79 Å². The highest BCUT2D eigenvalue weighted by atomic mass is 16.6. The minimum atomic E-state index is -0.383. The van der Waals surface area contributed by atoms with E-state index in [1.807, 2.05) is 42.5 Å². The van der Waals surface area contributed by atoms with Crippen molar-refractivity contribution in [3.63, 3.8) is 0 Å². The summed E-state index contributed by atoms with van der Waals surface area (Å²) in [6.45, 7) is 8.13. The summed E-state index contributed by atoms with van der Waals surface area (Å²) in [6.07, 6.45) is 32.1. The summed E-state index contributed by atoms with van der Waals surface area (Å²) in [7, 11) is 0. The summed E-state index contributed by atoms with van der Waals surface area (Å²) < 4.78 is 18.0. The van der Waals surface area contributed by atoms with Crippen LogP contribution in [0.3, 0.4) is 0 Å². The first kappa shape index (κ1) is 44.3. The van der Waals surface area contributed by atoms with Crippen molar-refractivity contribution in [2.45, 2.75) is 181 Å². The van der Waals surface area contributed by atoms with Gasteiger partial charge >= 0.3 is 5.97 Å². The molecule has 0 bridgehead atoms. The third-order valence-electron chi connectivity index (χ3n) is 10.5. The highest BCUT2D eigenvalue weighted by molar-refractivity contribution is 5.92. The average molecular weight is 727 g/mol. The Bertz CT molecular complexity index is 1320. The number of para-hydroxylation sites is 2. The predicted molar refractivity (Wildman–Crippen MR) is 225 cm³/mol. The number of carbonyl (C=O) groups excluding carboxylic acids is 1. The van der Waals surface area contributed by atoms with Crippen LogP contribution >= 0.6 is 0 Å². The molecule has 0 spiro atoms. The Labute approximate surface area is 324 Å². The molecule has 0 heterocycles. The van der Waals surface area contributed by atoms with E-state index in [2.05, 4.69) is 45.0 Å². The van der Waals surface area contributed by atoms with Crippen LogP contribution in [0, 0.1) is 0 Å². The van der Waals surface area contributed by atoms with Crippen molar-refractivity contribution in [3.05, 3.63) is 83.9 Å². The van der Waals surface area contributed by atoms with E-state index < -0.39 is 0 Å². The van der Waals surface area contributed by atoms with E-state index in [-0.39, 0.29) is 12.1 Å². The standard InChI is InChI=1S/C49H74O4/c1-4-6-8-10-12-14-16-17-18-19-21-22-24-28-40-51-42(3)43-32-34-44(35-33-43)45-36-38-46(39-37-45)49(50)53-48-31-27-26-30-47(48)52-41-29-25-23-20-15-13-11-9-7-5-2/h26-27,30-39,42H,4-25,28-29,40-41H2,1-3H3. The summed E-state index contributed by atoms with van der Waals surface area (Å²) in [4.78, 5) is 13.1. The number of hydrogen-bond acceptors (Lipinski definition) is 4. The summed E-state index contributed by atoms with van der Waals surface area (Å²) in [5.74, 6) is 0.697. The second-order valence-corrected chi connectivity index (χ2v) is 15.2. The molecule has 53 heavy (non-hydrogen) atoms. The predicted octanol–water partition coefficient (Wildman–Crippen LogP) is 15.4. The third-order valence-corrected chi connectivity index (χ3v) is 10.5. The zero-order valence-electron chi connectivity index (χ0n) is 34.0. The maximum Gasteiger partial charge on any atom is 0.343 e. The normalized spacial score (nSPS) is 11.8. The smallest absolute Gasteiger partial charge is 0.343 e. The minimum Gasteiger partial charge on any atom is -0.490 e. The zero-order chi connectivity index (χ0) is 37.6. The fraction of sp³-hybridized carbons (Fsp3) is 0.612. The molecule has 0 aliphatic heterocycles. The minimum absolute atomic E-state index is 0.0740. The maximum absolute atomic E-state index is 13.1. The first-order valence-electron chi connectivity index (χ1n) is 21.9. The van der Waals surface area contributed by atoms with Gasteiger partial charge in [0, 0.05) is 6.61 Å². The van der Waals surface area contributed by atoms with Gasteiger partial charge in [0.1, 0.15) is 0 Å². The van der Waals surface area contributed by atoms with Gasteiger partial charge in [0.25, 0.3) is 0 Å². The summed E-state index contributed by atoms with van der Waals surface area (Å²) in [6, 6.07) is 23.7. The Kier molecular flexibility index (Phi) is 24.5. The van der Waals surface area contributed by atoms with E-state index in [0.29, 0.717) is 23.7 Å². The van der Waals surface area contributed by atoms with Crippen LogP contribution in [0.1, 0.15) is 197 Å². The fourth-order valence-corrected chi connectivity index (χ4v) is 6.98. The van der Waals surface area contributed by atoms with Gasteiger partial charge in [-0.05, 0) is 60.7 Å². The van der Waals surface area contributed by atoms with Gasteiger partial charge in [-0.2, -0.15) is 0 Å². The largest absolute Gasteiger partial charge is 0.490 e. The molecule has 0 radical (unpaired) electrons. The number of benzene rings is 3. The van der Waals surface area contributed by atoms with E-state index in [9.17, 15) is 4.79 Å². The average Bonchev–Trinajstić information content (AvgIpc) is 3.19. The van der Waals surface area contributed by atoms with Crippen LogP contribution in [0.2, 0.25) is 0 Å². The first-order chi connectivity index (χ1) is 26.1. The molecule has 0 saturated heterocycles. The highest BCUT2D eigenvalue weighted by Crippen LogP contribution is 2.29. The molecule has 1 atom stereocenters. The molecular weight excluding hydrogens is 653 g/mol. The summed E-state index contributed by atoms with van der Waals surface area (Å²) in [5.41, 5.74) is 3.87. The van der Waals surface area contributed by atoms with Crippen LogP contribution in [0.25, 0.3) is 11.1 Å². The lowest BCUT2D eigenvalue weighted by Crippen LogP contribution is -2.10. The number of unbranched alkanes of at least 4 members (excludes halogenated alkanes) is 22. The number of hydrogen-bond donors (Lipinski definition) is 0. The van der Waals surface area contributed by atoms with Crippen molar-refractivity contribution in [1.29, 1.82) is 0 Å². The van der Waals surface area contributed by atoms with Crippen molar-refractivity contribution < 1.29 is 19.0 Å². The van der Waals surface area contributed by atoms with Crippen LogP contribution < -0.4 is 9.47 Å². The number of rotatable bonds is 32. The van der Waals surface area contributed by atoms with E-state index in [1.54, 1.807) is 6.07 Å². The molecule has 0 saturated carbocycles. The Hall–Kier alpha value is -3.11. The molecule has 0 aliphatic rings. The Morgan fingerprint density at radius 1 is 0.472 bits per heavy atom. The molecule has 3 aromatic rings. The number of carbonyl (C=O) groups is 1. The Morgan fingerprint density at radius 3 is 1.34 bits per heavy atom. The molecule has 3 aromatic carbocycles. The molecular formula is C49H74O4. The van der Waals surface area contributed by atoms with Crippen LogP contribution in [0.4, 0.5) is 0 Å². The number of esters is 1. The van der Waals surface area contributed by atoms with Gasteiger partial charge in [0.15, 0.2) is 11.5 Å². The quantitative estimate of drug-likeness (QED) is 0.0365. The van der Waals surface area contributed by atoms with E-state index >= 15 is 0 Å².